The van der Waals surface area contributed by atoms with Gasteiger partial charge in [0.25, 0.3) is 5.91 Å². The summed E-state index contributed by atoms with van der Waals surface area (Å²) >= 11 is 0. The van der Waals surface area contributed by atoms with Crippen LogP contribution in [0.1, 0.15) is 42.1 Å². The number of piperidine rings is 1. The number of methoxy groups -OCH3 is 1. The molecule has 0 aliphatic carbocycles. The lowest BCUT2D eigenvalue weighted by molar-refractivity contribution is -0.153. The molecule has 1 amide bonds. The molecule has 128 valence electrons. The molecule has 0 aromatic heterocycles. The van der Waals surface area contributed by atoms with Gasteiger partial charge < -0.3 is 14.4 Å². The molecule has 0 saturated carbocycles. The van der Waals surface area contributed by atoms with Crippen LogP contribution in [0.3, 0.4) is 0 Å². The van der Waals surface area contributed by atoms with Crippen LogP contribution >= 0.6 is 0 Å². The summed E-state index contributed by atoms with van der Waals surface area (Å²) in [6.07, 6.45) is 3.30. The minimum absolute atomic E-state index is 0.0121. The predicted octanol–water partition coefficient (Wildman–Crippen LogP) is 2.65. The van der Waals surface area contributed by atoms with Gasteiger partial charge in [-0.05, 0) is 37.5 Å². The molecule has 2 heterocycles. The smallest absolute Gasteiger partial charge is 0.335 e. The normalized spacial score (nSPS) is 29.0. The zero-order valence-electron chi connectivity index (χ0n) is 14.1. The second kappa shape index (κ2) is 6.77. The number of ether oxygens (including phenoxy) is 2. The maximum Gasteiger partial charge on any atom is 0.335 e. The van der Waals surface area contributed by atoms with E-state index in [1.165, 1.54) is 7.11 Å². The lowest BCUT2D eigenvalue weighted by Crippen LogP contribution is -2.53. The van der Waals surface area contributed by atoms with Gasteiger partial charge in [-0.25, -0.2) is 4.79 Å². The summed E-state index contributed by atoms with van der Waals surface area (Å²) in [5.41, 5.74) is 1.63. The van der Waals surface area contributed by atoms with Crippen LogP contribution < -0.4 is 0 Å². The summed E-state index contributed by atoms with van der Waals surface area (Å²) in [4.78, 5) is 26.7. The van der Waals surface area contributed by atoms with Crippen LogP contribution in [0.15, 0.2) is 30.8 Å². The Kier molecular flexibility index (Phi) is 4.71. The highest BCUT2D eigenvalue weighted by atomic mass is 16.6. The van der Waals surface area contributed by atoms with Crippen LogP contribution in [0.4, 0.5) is 0 Å². The number of rotatable bonds is 3. The third kappa shape index (κ3) is 2.96. The maximum absolute atomic E-state index is 13.0. The molecule has 2 aliphatic heterocycles. The van der Waals surface area contributed by atoms with Gasteiger partial charge >= 0.3 is 5.97 Å². The zero-order chi connectivity index (χ0) is 17.3. The number of hydrogen-bond acceptors (Lipinski definition) is 4. The van der Waals surface area contributed by atoms with E-state index in [1.807, 2.05) is 29.2 Å². The second-order valence-electron chi connectivity index (χ2n) is 6.45. The van der Waals surface area contributed by atoms with Crippen molar-refractivity contribution in [1.82, 2.24) is 4.90 Å². The number of benzene rings is 1. The van der Waals surface area contributed by atoms with Gasteiger partial charge in [0.15, 0.2) is 6.10 Å². The molecule has 0 radical (unpaired) electrons. The molecule has 2 fully saturated rings. The molecule has 2 saturated heterocycles. The highest BCUT2D eigenvalue weighted by Crippen LogP contribution is 2.36. The Morgan fingerprint density at radius 2 is 2.00 bits per heavy atom. The molecule has 0 spiro atoms. The van der Waals surface area contributed by atoms with E-state index in [4.69, 9.17) is 9.47 Å². The van der Waals surface area contributed by atoms with Gasteiger partial charge in [-0.2, -0.15) is 0 Å². The van der Waals surface area contributed by atoms with Crippen molar-refractivity contribution in [1.29, 1.82) is 0 Å². The Bertz CT molecular complexity index is 639. The summed E-state index contributed by atoms with van der Waals surface area (Å²) in [5.74, 6) is -0.373. The third-order valence-corrected chi connectivity index (χ3v) is 5.02. The van der Waals surface area contributed by atoms with Crippen molar-refractivity contribution in [3.8, 4) is 0 Å². The van der Waals surface area contributed by atoms with Gasteiger partial charge in [0.05, 0.1) is 19.3 Å². The van der Waals surface area contributed by atoms with Gasteiger partial charge in [-0.3, -0.25) is 4.79 Å². The van der Waals surface area contributed by atoms with Crippen LogP contribution in [0.2, 0.25) is 0 Å². The molecule has 0 N–H and O–H groups in total. The molecule has 2 aliphatic rings. The van der Waals surface area contributed by atoms with E-state index in [0.29, 0.717) is 12.0 Å². The number of nitrogens with zero attached hydrogens (tertiary/aromatic N) is 1. The van der Waals surface area contributed by atoms with Crippen molar-refractivity contribution in [2.75, 3.05) is 7.11 Å². The minimum Gasteiger partial charge on any atom is -0.467 e. The van der Waals surface area contributed by atoms with Gasteiger partial charge in [-0.15, -0.1) is 0 Å². The molecule has 0 unspecified atom stereocenters. The number of esters is 1. The fourth-order valence-electron chi connectivity index (χ4n) is 3.70. The van der Waals surface area contributed by atoms with Crippen LogP contribution in [-0.2, 0) is 14.3 Å². The summed E-state index contributed by atoms with van der Waals surface area (Å²) < 4.78 is 10.6. The fourth-order valence-corrected chi connectivity index (χ4v) is 3.70. The van der Waals surface area contributed by atoms with E-state index in [1.54, 1.807) is 6.08 Å². The van der Waals surface area contributed by atoms with Crippen molar-refractivity contribution in [2.45, 2.75) is 50.5 Å². The van der Waals surface area contributed by atoms with Gasteiger partial charge in [0.2, 0.25) is 0 Å². The topological polar surface area (TPSA) is 55.8 Å². The van der Waals surface area contributed by atoms with E-state index in [0.717, 1.165) is 18.4 Å². The molecule has 5 heteroatoms. The lowest BCUT2D eigenvalue weighted by Gasteiger charge is -2.41. The average Bonchev–Trinajstić information content (AvgIpc) is 3.04. The Morgan fingerprint density at radius 3 is 2.62 bits per heavy atom. The molecule has 1 aromatic rings. The Hall–Kier alpha value is -2.14. The number of hydrogen-bond donors (Lipinski definition) is 0. The van der Waals surface area contributed by atoms with Crippen LogP contribution in [0.25, 0.3) is 6.08 Å². The quantitative estimate of drug-likeness (QED) is 0.800. The third-order valence-electron chi connectivity index (χ3n) is 5.02. The lowest BCUT2D eigenvalue weighted by atomic mass is 9.91. The SMILES string of the molecule is C=Cc1ccc(C(=O)N2[C@H](C)CC[C@@H]3O[C@H](C(=O)OC)C[C@H]32)cc1. The maximum atomic E-state index is 13.0. The second-order valence-corrected chi connectivity index (χ2v) is 6.45. The predicted molar refractivity (Wildman–Crippen MR) is 90.5 cm³/mol. The molecule has 0 bridgehead atoms. The molecule has 1 aromatic carbocycles. The van der Waals surface area contributed by atoms with E-state index in [2.05, 4.69) is 13.5 Å². The monoisotopic (exact) mass is 329 g/mol. The van der Waals surface area contributed by atoms with E-state index >= 15 is 0 Å². The molecule has 3 rings (SSSR count). The van der Waals surface area contributed by atoms with Crippen LogP contribution in [0, 0.1) is 0 Å². The van der Waals surface area contributed by atoms with Gasteiger partial charge in [0, 0.05) is 18.0 Å². The first-order valence-corrected chi connectivity index (χ1v) is 8.33. The average molecular weight is 329 g/mol. The zero-order valence-corrected chi connectivity index (χ0v) is 14.1. The Labute approximate surface area is 142 Å². The van der Waals surface area contributed by atoms with E-state index in [-0.39, 0.29) is 30.1 Å². The van der Waals surface area contributed by atoms with E-state index in [9.17, 15) is 9.59 Å². The van der Waals surface area contributed by atoms with Crippen molar-refractivity contribution >= 4 is 18.0 Å². The summed E-state index contributed by atoms with van der Waals surface area (Å²) in [7, 11) is 1.36. The standard InChI is InChI=1S/C19H23NO4/c1-4-13-6-8-14(9-7-13)18(21)20-12(2)5-10-16-15(20)11-17(24-16)19(22)23-3/h4,6-9,12,15-17H,1,5,10-11H2,2-3H3/t12-,15-,16+,17+/m1/s1. The highest BCUT2D eigenvalue weighted by molar-refractivity contribution is 5.95. The molecule has 4 atom stereocenters. The summed E-state index contributed by atoms with van der Waals surface area (Å²) in [6.45, 7) is 5.78. The number of fused-ring (bicyclic) bond motifs is 1. The number of likely N-dealkylation sites (tertiary alicyclic amines) is 1. The first kappa shape index (κ1) is 16.7. The number of carbonyl (C=O) groups is 2. The minimum atomic E-state index is -0.575. The Balaban J connectivity index is 1.82. The van der Waals surface area contributed by atoms with Crippen LogP contribution in [-0.4, -0.2) is 48.2 Å². The van der Waals surface area contributed by atoms with Crippen LogP contribution in [0.5, 0.6) is 0 Å². The fraction of sp³-hybridized carbons (Fsp3) is 0.474. The van der Waals surface area contributed by atoms with Crippen molar-refractivity contribution in [2.24, 2.45) is 0 Å². The van der Waals surface area contributed by atoms with Gasteiger partial charge in [-0.1, -0.05) is 24.8 Å². The first-order valence-electron chi connectivity index (χ1n) is 8.33. The Morgan fingerprint density at radius 1 is 1.29 bits per heavy atom. The first-order chi connectivity index (χ1) is 11.5. The van der Waals surface area contributed by atoms with Crippen molar-refractivity contribution in [3.05, 3.63) is 42.0 Å². The number of carbonyl (C=O) groups excluding carboxylic acids is 2. The molecule has 24 heavy (non-hydrogen) atoms. The number of amides is 1. The molecule has 5 nitrogen and oxygen atoms in total. The van der Waals surface area contributed by atoms with Gasteiger partial charge in [0.1, 0.15) is 0 Å². The molecular formula is C19H23NO4. The van der Waals surface area contributed by atoms with Crippen molar-refractivity contribution < 1.29 is 19.1 Å². The summed E-state index contributed by atoms with van der Waals surface area (Å²) in [6, 6.07) is 7.46. The molecular weight excluding hydrogens is 306 g/mol. The van der Waals surface area contributed by atoms with E-state index < -0.39 is 6.10 Å². The largest absolute Gasteiger partial charge is 0.467 e. The van der Waals surface area contributed by atoms with Crippen molar-refractivity contribution in [3.63, 3.8) is 0 Å². The highest BCUT2D eigenvalue weighted by Gasteiger charge is 2.47. The summed E-state index contributed by atoms with van der Waals surface area (Å²) in [5, 5.41) is 0.